The molecule has 1 atom stereocenters. The molecule has 0 unspecified atom stereocenters. The van der Waals surface area contributed by atoms with Crippen molar-refractivity contribution in [2.24, 2.45) is 0 Å². The lowest BCUT2D eigenvalue weighted by molar-refractivity contribution is 0.0600. The molecule has 0 aliphatic rings. The van der Waals surface area contributed by atoms with Crippen LogP contribution in [-0.4, -0.2) is 24.8 Å². The van der Waals surface area contributed by atoms with E-state index in [4.69, 9.17) is 4.74 Å². The van der Waals surface area contributed by atoms with Crippen LogP contribution in [0.4, 0.5) is 0 Å². The van der Waals surface area contributed by atoms with Gasteiger partial charge in [-0.05, 0) is 43.0 Å². The predicted octanol–water partition coefficient (Wildman–Crippen LogP) is 4.25. The largest absolute Gasteiger partial charge is 0.465 e. The van der Waals surface area contributed by atoms with Gasteiger partial charge in [0.1, 0.15) is 0 Å². The molecule has 0 saturated heterocycles. The Kier molecular flexibility index (Phi) is 6.37. The Bertz CT molecular complexity index is 665. The second kappa shape index (κ2) is 8.27. The van der Waals surface area contributed by atoms with Crippen LogP contribution >= 0.6 is 15.9 Å². The first-order valence-electron chi connectivity index (χ1n) is 7.59. The van der Waals surface area contributed by atoms with Crippen LogP contribution in [0.15, 0.2) is 46.9 Å². The van der Waals surface area contributed by atoms with Crippen LogP contribution in [0.1, 0.15) is 39.4 Å². The predicted molar refractivity (Wildman–Crippen MR) is 94.8 cm³/mol. The molecular formula is C19H21BrO3. The van der Waals surface area contributed by atoms with Gasteiger partial charge in [-0.1, -0.05) is 51.8 Å². The number of esters is 1. The molecule has 0 fully saturated rings. The van der Waals surface area contributed by atoms with Crippen molar-refractivity contribution in [3.63, 3.8) is 0 Å². The Morgan fingerprint density at radius 1 is 1.22 bits per heavy atom. The third-order valence-corrected chi connectivity index (χ3v) is 4.74. The molecule has 0 aliphatic carbocycles. The summed E-state index contributed by atoms with van der Waals surface area (Å²) in [5.74, 6) is -0.229. The van der Waals surface area contributed by atoms with E-state index in [0.717, 1.165) is 28.4 Å². The third kappa shape index (κ3) is 4.66. The number of aryl methyl sites for hydroxylation is 2. The van der Waals surface area contributed by atoms with Crippen molar-refractivity contribution in [3.05, 3.63) is 69.2 Å². The van der Waals surface area contributed by atoms with Crippen molar-refractivity contribution >= 4 is 21.9 Å². The summed E-state index contributed by atoms with van der Waals surface area (Å²) in [5, 5.41) is 9.67. The maximum Gasteiger partial charge on any atom is 0.337 e. The minimum atomic E-state index is -0.342. The van der Waals surface area contributed by atoms with Crippen LogP contribution in [0.5, 0.6) is 0 Å². The van der Waals surface area contributed by atoms with Gasteiger partial charge in [0.2, 0.25) is 0 Å². The summed E-state index contributed by atoms with van der Waals surface area (Å²) in [4.78, 5) is 11.5. The molecule has 4 heteroatoms. The van der Waals surface area contributed by atoms with Gasteiger partial charge in [-0.15, -0.1) is 0 Å². The molecule has 0 aromatic heterocycles. The van der Waals surface area contributed by atoms with Crippen molar-refractivity contribution in [2.75, 3.05) is 13.7 Å². The van der Waals surface area contributed by atoms with E-state index in [-0.39, 0.29) is 18.5 Å². The number of ether oxygens (including phenoxy) is 1. The fourth-order valence-electron chi connectivity index (χ4n) is 2.53. The first-order valence-corrected chi connectivity index (χ1v) is 8.38. The van der Waals surface area contributed by atoms with Crippen molar-refractivity contribution in [1.29, 1.82) is 0 Å². The van der Waals surface area contributed by atoms with Gasteiger partial charge in [0.25, 0.3) is 0 Å². The van der Waals surface area contributed by atoms with Crippen LogP contribution in [0.25, 0.3) is 0 Å². The van der Waals surface area contributed by atoms with Gasteiger partial charge in [-0.25, -0.2) is 4.79 Å². The molecule has 23 heavy (non-hydrogen) atoms. The average molecular weight is 377 g/mol. The minimum Gasteiger partial charge on any atom is -0.465 e. The number of carbonyl (C=O) groups is 1. The summed E-state index contributed by atoms with van der Waals surface area (Å²) in [7, 11) is 1.37. The Morgan fingerprint density at radius 3 is 2.48 bits per heavy atom. The first kappa shape index (κ1) is 17.7. The molecule has 0 radical (unpaired) electrons. The van der Waals surface area contributed by atoms with E-state index < -0.39 is 0 Å². The monoisotopic (exact) mass is 376 g/mol. The number of methoxy groups -OCH3 is 1. The summed E-state index contributed by atoms with van der Waals surface area (Å²) in [6.45, 7) is 2.18. The fraction of sp³-hybridized carbons (Fsp3) is 0.316. The van der Waals surface area contributed by atoms with E-state index in [1.165, 1.54) is 12.7 Å². The molecule has 0 spiro atoms. The second-order valence-corrected chi connectivity index (χ2v) is 6.48. The molecule has 2 aromatic rings. The minimum absolute atomic E-state index is 0.114. The van der Waals surface area contributed by atoms with Crippen molar-refractivity contribution in [2.45, 2.75) is 25.7 Å². The molecule has 0 saturated carbocycles. The maximum absolute atomic E-state index is 11.5. The van der Waals surface area contributed by atoms with Crippen molar-refractivity contribution < 1.29 is 14.6 Å². The number of aliphatic hydroxyl groups excluding tert-OH is 1. The zero-order valence-electron chi connectivity index (χ0n) is 13.4. The van der Waals surface area contributed by atoms with Gasteiger partial charge in [0, 0.05) is 17.0 Å². The zero-order valence-corrected chi connectivity index (χ0v) is 15.0. The summed E-state index contributed by atoms with van der Waals surface area (Å²) in [5.41, 5.74) is 4.01. The topological polar surface area (TPSA) is 46.5 Å². The summed E-state index contributed by atoms with van der Waals surface area (Å²) in [6, 6.07) is 13.8. The van der Waals surface area contributed by atoms with Gasteiger partial charge >= 0.3 is 5.97 Å². The summed E-state index contributed by atoms with van der Waals surface area (Å²) in [6.07, 6.45) is 1.66. The van der Waals surface area contributed by atoms with E-state index in [2.05, 4.69) is 47.1 Å². The van der Waals surface area contributed by atoms with Crippen LogP contribution in [0, 0.1) is 6.92 Å². The number of benzene rings is 2. The molecule has 2 rings (SSSR count). The Morgan fingerprint density at radius 2 is 1.91 bits per heavy atom. The van der Waals surface area contributed by atoms with Gasteiger partial charge in [-0.2, -0.15) is 0 Å². The van der Waals surface area contributed by atoms with E-state index in [9.17, 15) is 9.90 Å². The molecule has 3 nitrogen and oxygen atoms in total. The highest BCUT2D eigenvalue weighted by Gasteiger charge is 2.13. The van der Waals surface area contributed by atoms with Crippen molar-refractivity contribution in [3.8, 4) is 0 Å². The van der Waals surface area contributed by atoms with Crippen LogP contribution < -0.4 is 0 Å². The fourth-order valence-corrected chi connectivity index (χ4v) is 3.10. The molecule has 2 aromatic carbocycles. The Labute approximate surface area is 145 Å². The smallest absolute Gasteiger partial charge is 0.337 e. The number of rotatable bonds is 6. The molecule has 0 amide bonds. The van der Waals surface area contributed by atoms with E-state index >= 15 is 0 Å². The number of hydrogen-bond donors (Lipinski definition) is 1. The molecular weight excluding hydrogens is 356 g/mol. The number of halogens is 1. The standard InChI is InChI=1S/C19H21BrO3/c1-13-3-5-14(6-4-13)17(12-21)10-8-15-7-9-16(11-18(15)20)19(22)23-2/h3-7,9,11,17,21H,8,10,12H2,1-2H3/t17-/m1/s1. The average Bonchev–Trinajstić information content (AvgIpc) is 2.57. The van der Waals surface area contributed by atoms with Crippen molar-refractivity contribution in [1.82, 2.24) is 0 Å². The normalized spacial score (nSPS) is 12.0. The SMILES string of the molecule is COC(=O)c1ccc(CC[C@H](CO)c2ccc(C)cc2)c(Br)c1. The van der Waals surface area contributed by atoms with Gasteiger partial charge in [0.05, 0.1) is 12.7 Å². The molecule has 0 aliphatic heterocycles. The van der Waals surface area contributed by atoms with Crippen LogP contribution in [0.2, 0.25) is 0 Å². The molecule has 0 heterocycles. The van der Waals surface area contributed by atoms with E-state index in [1.54, 1.807) is 12.1 Å². The lowest BCUT2D eigenvalue weighted by Crippen LogP contribution is -2.07. The van der Waals surface area contributed by atoms with Gasteiger partial charge in [-0.3, -0.25) is 0 Å². The number of aliphatic hydroxyl groups is 1. The maximum atomic E-state index is 11.5. The highest BCUT2D eigenvalue weighted by Crippen LogP contribution is 2.26. The van der Waals surface area contributed by atoms with E-state index in [1.807, 2.05) is 6.07 Å². The quantitative estimate of drug-likeness (QED) is 0.766. The Hall–Kier alpha value is -1.65. The van der Waals surface area contributed by atoms with Gasteiger partial charge in [0.15, 0.2) is 0 Å². The van der Waals surface area contributed by atoms with Crippen LogP contribution in [0.3, 0.4) is 0 Å². The Balaban J connectivity index is 2.06. The number of carbonyl (C=O) groups excluding carboxylic acids is 1. The lowest BCUT2D eigenvalue weighted by atomic mass is 9.92. The highest BCUT2D eigenvalue weighted by atomic mass is 79.9. The van der Waals surface area contributed by atoms with E-state index in [0.29, 0.717) is 5.56 Å². The second-order valence-electron chi connectivity index (χ2n) is 5.63. The first-order chi connectivity index (χ1) is 11.0. The zero-order chi connectivity index (χ0) is 16.8. The van der Waals surface area contributed by atoms with Crippen LogP contribution in [-0.2, 0) is 11.2 Å². The summed E-state index contributed by atoms with van der Waals surface area (Å²) >= 11 is 3.51. The summed E-state index contributed by atoms with van der Waals surface area (Å²) < 4.78 is 5.61. The lowest BCUT2D eigenvalue weighted by Gasteiger charge is -2.15. The molecule has 1 N–H and O–H groups in total. The number of hydrogen-bond acceptors (Lipinski definition) is 3. The molecule has 122 valence electrons. The molecule has 0 bridgehead atoms. The highest BCUT2D eigenvalue weighted by molar-refractivity contribution is 9.10. The van der Waals surface area contributed by atoms with Gasteiger partial charge < -0.3 is 9.84 Å². The third-order valence-electron chi connectivity index (χ3n) is 4.01.